The van der Waals surface area contributed by atoms with E-state index in [2.05, 4.69) is 4.98 Å². The third-order valence-electron chi connectivity index (χ3n) is 5.98. The molecule has 0 bridgehead atoms. The molecule has 0 aliphatic rings. The second-order valence-corrected chi connectivity index (χ2v) is 12.2. The van der Waals surface area contributed by atoms with E-state index < -0.39 is 10.0 Å². The topological polar surface area (TPSA) is 83.5 Å². The van der Waals surface area contributed by atoms with Gasteiger partial charge in [0.1, 0.15) is 0 Å². The van der Waals surface area contributed by atoms with Crippen LogP contribution in [-0.2, 0) is 16.6 Å². The van der Waals surface area contributed by atoms with Crippen molar-refractivity contribution in [3.8, 4) is 0 Å². The highest BCUT2D eigenvalue weighted by molar-refractivity contribution is 7.98. The van der Waals surface area contributed by atoms with E-state index >= 15 is 0 Å². The third-order valence-corrected chi connectivity index (χ3v) is 9.78. The molecule has 1 amide bonds. The van der Waals surface area contributed by atoms with Crippen LogP contribution >= 0.6 is 23.1 Å². The Labute approximate surface area is 226 Å². The summed E-state index contributed by atoms with van der Waals surface area (Å²) in [6, 6.07) is 16.0. The summed E-state index contributed by atoms with van der Waals surface area (Å²) in [6.07, 6.45) is 7.14. The molecule has 7 nitrogen and oxygen atoms in total. The molecule has 0 aliphatic carbocycles. The first-order valence-corrected chi connectivity index (χ1v) is 15.6. The summed E-state index contributed by atoms with van der Waals surface area (Å²) in [5.74, 6) is -0.254. The number of para-hydroxylation sites is 1. The van der Waals surface area contributed by atoms with Gasteiger partial charge >= 0.3 is 0 Å². The van der Waals surface area contributed by atoms with Crippen LogP contribution in [0.5, 0.6) is 0 Å². The number of sulfonamides is 1. The zero-order chi connectivity index (χ0) is 26.4. The van der Waals surface area contributed by atoms with Crippen molar-refractivity contribution in [3.63, 3.8) is 0 Å². The molecule has 0 fully saturated rings. The van der Waals surface area contributed by atoms with Gasteiger partial charge in [-0.25, -0.2) is 13.4 Å². The van der Waals surface area contributed by atoms with Crippen LogP contribution in [0.15, 0.2) is 76.8 Å². The molecule has 2 aromatic carbocycles. The number of thioether (sulfide) groups is 1. The van der Waals surface area contributed by atoms with E-state index in [0.717, 1.165) is 33.5 Å². The Balaban J connectivity index is 1.68. The Morgan fingerprint density at radius 2 is 1.84 bits per heavy atom. The van der Waals surface area contributed by atoms with Crippen LogP contribution in [0.25, 0.3) is 10.2 Å². The summed E-state index contributed by atoms with van der Waals surface area (Å²) in [6.45, 7) is 5.04. The summed E-state index contributed by atoms with van der Waals surface area (Å²) in [4.78, 5) is 25.7. The van der Waals surface area contributed by atoms with Gasteiger partial charge in [-0.1, -0.05) is 43.7 Å². The molecule has 2 aromatic heterocycles. The molecule has 0 atom stereocenters. The van der Waals surface area contributed by atoms with Crippen LogP contribution in [0, 0.1) is 0 Å². The molecule has 0 N–H and O–H groups in total. The maximum absolute atomic E-state index is 13.8. The van der Waals surface area contributed by atoms with Crippen LogP contribution in [0.4, 0.5) is 5.13 Å². The SMILES string of the molecule is CCCCN(CC)S(=O)(=O)c1ccc(C(=O)N(Cc2cccnc2)c2nc3c(SC)cccc3s2)cc1. The number of carbonyl (C=O) groups is 1. The number of hydrogen-bond donors (Lipinski definition) is 0. The molecule has 0 radical (unpaired) electrons. The Morgan fingerprint density at radius 3 is 2.49 bits per heavy atom. The van der Waals surface area contributed by atoms with Gasteiger partial charge in [0.15, 0.2) is 5.13 Å². The smallest absolute Gasteiger partial charge is 0.260 e. The summed E-state index contributed by atoms with van der Waals surface area (Å²) < 4.78 is 28.7. The lowest BCUT2D eigenvalue weighted by atomic mass is 10.2. The first kappa shape index (κ1) is 27.3. The van der Waals surface area contributed by atoms with Gasteiger partial charge in [0, 0.05) is 35.9 Å². The minimum Gasteiger partial charge on any atom is -0.279 e. The van der Waals surface area contributed by atoms with Crippen molar-refractivity contribution in [2.45, 2.75) is 43.0 Å². The summed E-state index contributed by atoms with van der Waals surface area (Å²) in [5, 5.41) is 0.582. The zero-order valence-electron chi connectivity index (χ0n) is 21.1. The standard InChI is InChI=1S/C27H30N4O3S3/c1-4-6-17-30(5-2)37(33,34)22-14-12-21(13-15-22)26(32)31(19-20-9-8-16-28-18-20)27-29-25-23(35-3)10-7-11-24(25)36-27/h7-16,18H,4-6,17,19H2,1-3H3. The zero-order valence-corrected chi connectivity index (χ0v) is 23.6. The fourth-order valence-corrected chi connectivity index (χ4v) is 7.06. The maximum atomic E-state index is 13.8. The van der Waals surface area contributed by atoms with Crippen molar-refractivity contribution in [2.75, 3.05) is 24.2 Å². The van der Waals surface area contributed by atoms with E-state index in [1.165, 1.54) is 27.8 Å². The molecule has 194 valence electrons. The summed E-state index contributed by atoms with van der Waals surface area (Å²) >= 11 is 3.07. The number of unbranched alkanes of at least 4 members (excludes halogenated alkanes) is 1. The Bertz CT molecular complexity index is 1460. The molecule has 0 aliphatic heterocycles. The van der Waals surface area contributed by atoms with Crippen LogP contribution in [-0.4, -0.2) is 47.9 Å². The Kier molecular flexibility index (Phi) is 8.96. The Hall–Kier alpha value is -2.79. The largest absolute Gasteiger partial charge is 0.279 e. The number of nitrogens with zero attached hydrogens (tertiary/aromatic N) is 4. The number of amides is 1. The molecule has 10 heteroatoms. The number of benzene rings is 2. The van der Waals surface area contributed by atoms with Gasteiger partial charge < -0.3 is 0 Å². The third kappa shape index (κ3) is 6.04. The summed E-state index contributed by atoms with van der Waals surface area (Å²) in [5.41, 5.74) is 2.13. The lowest BCUT2D eigenvalue weighted by Gasteiger charge is -2.21. The first-order chi connectivity index (χ1) is 17.9. The van der Waals surface area contributed by atoms with Crippen molar-refractivity contribution < 1.29 is 13.2 Å². The predicted molar refractivity (Wildman–Crippen MR) is 152 cm³/mol. The molecule has 0 saturated carbocycles. The van der Waals surface area contributed by atoms with E-state index in [9.17, 15) is 13.2 Å². The van der Waals surface area contributed by atoms with Crippen molar-refractivity contribution in [1.82, 2.24) is 14.3 Å². The van der Waals surface area contributed by atoms with Crippen molar-refractivity contribution >= 4 is 54.4 Å². The lowest BCUT2D eigenvalue weighted by molar-refractivity contribution is 0.0985. The van der Waals surface area contributed by atoms with E-state index in [0.29, 0.717) is 30.3 Å². The quantitative estimate of drug-likeness (QED) is 0.209. The molecular formula is C27H30N4O3S3. The van der Waals surface area contributed by atoms with Crippen LogP contribution in [0.1, 0.15) is 42.6 Å². The van der Waals surface area contributed by atoms with Gasteiger partial charge in [-0.2, -0.15) is 4.31 Å². The average Bonchev–Trinajstić information content (AvgIpc) is 3.36. The average molecular weight is 555 g/mol. The number of aromatic nitrogens is 2. The lowest BCUT2D eigenvalue weighted by Crippen LogP contribution is -2.32. The molecule has 4 aromatic rings. The number of anilines is 1. The highest BCUT2D eigenvalue weighted by Gasteiger charge is 2.25. The molecule has 0 unspecified atom stereocenters. The van der Waals surface area contributed by atoms with E-state index in [-0.39, 0.29) is 10.8 Å². The number of rotatable bonds is 11. The molecule has 4 rings (SSSR count). The van der Waals surface area contributed by atoms with E-state index in [4.69, 9.17) is 4.98 Å². The van der Waals surface area contributed by atoms with Gasteiger partial charge in [0.25, 0.3) is 5.91 Å². The molecule has 0 saturated heterocycles. The number of thiazole rings is 1. The fourth-order valence-electron chi connectivity index (χ4n) is 3.95. The highest BCUT2D eigenvalue weighted by atomic mass is 32.2. The molecule has 37 heavy (non-hydrogen) atoms. The predicted octanol–water partition coefficient (Wildman–Crippen LogP) is 6.07. The van der Waals surface area contributed by atoms with E-state index in [1.54, 1.807) is 41.2 Å². The molecule has 2 heterocycles. The van der Waals surface area contributed by atoms with Gasteiger partial charge in [0.05, 0.1) is 21.7 Å². The fraction of sp³-hybridized carbons (Fsp3) is 0.296. The van der Waals surface area contributed by atoms with Gasteiger partial charge in [-0.3, -0.25) is 14.7 Å². The number of pyridine rings is 1. The number of hydrogen-bond acceptors (Lipinski definition) is 7. The van der Waals surface area contributed by atoms with Crippen LogP contribution in [0.2, 0.25) is 0 Å². The van der Waals surface area contributed by atoms with Gasteiger partial charge in [-0.05, 0) is 60.7 Å². The Morgan fingerprint density at radius 1 is 1.05 bits per heavy atom. The second-order valence-electron chi connectivity index (χ2n) is 8.43. The number of fused-ring (bicyclic) bond motifs is 1. The monoisotopic (exact) mass is 554 g/mol. The minimum atomic E-state index is -3.62. The van der Waals surface area contributed by atoms with Crippen molar-refractivity contribution in [2.24, 2.45) is 0 Å². The molecule has 0 spiro atoms. The minimum absolute atomic E-state index is 0.186. The van der Waals surface area contributed by atoms with Crippen LogP contribution < -0.4 is 4.90 Å². The van der Waals surface area contributed by atoms with Gasteiger partial charge in [0.2, 0.25) is 10.0 Å². The highest BCUT2D eigenvalue weighted by Crippen LogP contribution is 2.35. The van der Waals surface area contributed by atoms with Crippen molar-refractivity contribution in [1.29, 1.82) is 0 Å². The normalized spacial score (nSPS) is 11.8. The second kappa shape index (κ2) is 12.2. The van der Waals surface area contributed by atoms with Crippen molar-refractivity contribution in [3.05, 3.63) is 78.1 Å². The summed E-state index contributed by atoms with van der Waals surface area (Å²) in [7, 11) is -3.62. The maximum Gasteiger partial charge on any atom is 0.260 e. The molecular weight excluding hydrogens is 525 g/mol. The van der Waals surface area contributed by atoms with E-state index in [1.807, 2.05) is 50.4 Å². The number of carbonyl (C=O) groups excluding carboxylic acids is 1. The van der Waals surface area contributed by atoms with Gasteiger partial charge in [-0.15, -0.1) is 11.8 Å². The van der Waals surface area contributed by atoms with Crippen LogP contribution in [0.3, 0.4) is 0 Å². The first-order valence-electron chi connectivity index (χ1n) is 12.1.